The van der Waals surface area contributed by atoms with Gasteiger partial charge in [-0.25, -0.2) is 4.68 Å². The zero-order valence-corrected chi connectivity index (χ0v) is 16.4. The summed E-state index contributed by atoms with van der Waals surface area (Å²) < 4.78 is 1.55. The van der Waals surface area contributed by atoms with E-state index in [-0.39, 0.29) is 24.8 Å². The minimum Gasteiger partial charge on any atom is -0.368 e. The second-order valence-corrected chi connectivity index (χ2v) is 7.74. The Morgan fingerprint density at radius 1 is 1.17 bits per heavy atom. The molecule has 3 aromatic rings. The van der Waals surface area contributed by atoms with Gasteiger partial charge in [0.25, 0.3) is 0 Å². The van der Waals surface area contributed by atoms with E-state index in [1.54, 1.807) is 59.4 Å². The van der Waals surface area contributed by atoms with Crippen LogP contribution in [0.3, 0.4) is 0 Å². The van der Waals surface area contributed by atoms with Crippen molar-refractivity contribution in [2.75, 3.05) is 16.8 Å². The Balaban J connectivity index is 1.75. The number of anilines is 2. The van der Waals surface area contributed by atoms with Crippen molar-refractivity contribution in [1.29, 1.82) is 0 Å². The summed E-state index contributed by atoms with van der Waals surface area (Å²) in [5, 5.41) is 7.79. The van der Waals surface area contributed by atoms with E-state index in [9.17, 15) is 14.4 Å². The lowest BCUT2D eigenvalue weighted by Gasteiger charge is -2.32. The van der Waals surface area contributed by atoms with Crippen molar-refractivity contribution in [1.82, 2.24) is 9.78 Å². The van der Waals surface area contributed by atoms with Crippen LogP contribution in [-0.2, 0) is 19.8 Å². The number of halogens is 1. The number of primary amides is 1. The molecule has 0 aliphatic carbocycles. The number of nitrogens with two attached hydrogens (primary N) is 1. The van der Waals surface area contributed by atoms with Gasteiger partial charge in [0.05, 0.1) is 11.9 Å². The molecule has 1 atom stereocenters. The summed E-state index contributed by atoms with van der Waals surface area (Å²) in [6.45, 7) is -0.267. The van der Waals surface area contributed by atoms with E-state index in [0.717, 1.165) is 0 Å². The normalized spacial score (nSPS) is 19.6. The van der Waals surface area contributed by atoms with Crippen molar-refractivity contribution in [3.05, 3.63) is 70.9 Å². The van der Waals surface area contributed by atoms with Crippen LogP contribution in [0, 0.1) is 0 Å². The number of hydrogen-bond donors (Lipinski definition) is 2. The van der Waals surface area contributed by atoms with Gasteiger partial charge in [-0.2, -0.15) is 5.10 Å². The third kappa shape index (κ3) is 2.47. The molecule has 0 saturated heterocycles. The first-order valence-corrected chi connectivity index (χ1v) is 9.63. The predicted octanol–water partition coefficient (Wildman–Crippen LogP) is 1.99. The van der Waals surface area contributed by atoms with Crippen LogP contribution >= 0.6 is 11.6 Å². The monoisotopic (exact) mass is 421 g/mol. The van der Waals surface area contributed by atoms with Crippen LogP contribution in [0.25, 0.3) is 5.69 Å². The van der Waals surface area contributed by atoms with Gasteiger partial charge in [-0.1, -0.05) is 35.9 Å². The number of benzene rings is 2. The maximum absolute atomic E-state index is 13.7. The Kier molecular flexibility index (Phi) is 3.94. The van der Waals surface area contributed by atoms with Gasteiger partial charge in [0, 0.05) is 22.7 Å². The smallest absolute Gasteiger partial charge is 0.243 e. The third-order valence-corrected chi connectivity index (χ3v) is 5.78. The lowest BCUT2D eigenvalue weighted by Crippen LogP contribution is -2.48. The van der Waals surface area contributed by atoms with E-state index in [2.05, 4.69) is 10.4 Å². The number of fused-ring (bicyclic) bond motifs is 4. The van der Waals surface area contributed by atoms with Gasteiger partial charge < -0.3 is 16.0 Å². The molecule has 9 heteroatoms. The Morgan fingerprint density at radius 3 is 2.73 bits per heavy atom. The van der Waals surface area contributed by atoms with Gasteiger partial charge in [0.15, 0.2) is 0 Å². The minimum atomic E-state index is -1.28. The first-order chi connectivity index (χ1) is 14.4. The molecule has 2 aromatic carbocycles. The molecule has 1 spiro atoms. The molecule has 3 amide bonds. The molecule has 2 aliphatic rings. The average Bonchev–Trinajstić information content (AvgIpc) is 3.23. The van der Waals surface area contributed by atoms with Gasteiger partial charge in [-0.3, -0.25) is 14.4 Å². The maximum atomic E-state index is 13.7. The fourth-order valence-corrected chi connectivity index (χ4v) is 4.55. The van der Waals surface area contributed by atoms with Crippen LogP contribution in [-0.4, -0.2) is 34.0 Å². The van der Waals surface area contributed by atoms with Gasteiger partial charge in [0.1, 0.15) is 17.8 Å². The predicted molar refractivity (Wildman–Crippen MR) is 111 cm³/mol. The van der Waals surface area contributed by atoms with Crippen molar-refractivity contribution >= 4 is 40.8 Å². The van der Waals surface area contributed by atoms with Crippen LogP contribution in [0.15, 0.2) is 54.7 Å². The van der Waals surface area contributed by atoms with Crippen molar-refractivity contribution in [3.63, 3.8) is 0 Å². The van der Waals surface area contributed by atoms with E-state index in [1.807, 2.05) is 0 Å². The largest absolute Gasteiger partial charge is 0.368 e. The molecular weight excluding hydrogens is 406 g/mol. The average molecular weight is 422 g/mol. The number of carbonyl (C=O) groups is 3. The Morgan fingerprint density at radius 2 is 1.97 bits per heavy atom. The molecule has 30 heavy (non-hydrogen) atoms. The molecule has 1 aromatic heterocycles. The quantitative estimate of drug-likeness (QED) is 0.673. The number of carbonyl (C=O) groups excluding carboxylic acids is 3. The summed E-state index contributed by atoms with van der Waals surface area (Å²) in [5.74, 6) is -0.928. The number of hydrogen-bond acceptors (Lipinski definition) is 4. The number of nitrogens with one attached hydrogen (secondary N) is 1. The molecule has 0 radical (unpaired) electrons. The fourth-order valence-electron chi connectivity index (χ4n) is 4.37. The van der Waals surface area contributed by atoms with Crippen molar-refractivity contribution in [3.8, 4) is 5.69 Å². The molecule has 0 saturated carbocycles. The number of para-hydroxylation sites is 1. The molecule has 3 heterocycles. The number of nitrogens with zero attached hydrogens (tertiary/aromatic N) is 3. The molecule has 0 unspecified atom stereocenters. The molecule has 0 bridgehead atoms. The van der Waals surface area contributed by atoms with Gasteiger partial charge in [-0.15, -0.1) is 0 Å². The molecule has 0 fully saturated rings. The summed E-state index contributed by atoms with van der Waals surface area (Å²) >= 11 is 6.12. The minimum absolute atomic E-state index is 0.0909. The first-order valence-electron chi connectivity index (χ1n) is 9.26. The molecule has 2 aliphatic heterocycles. The number of rotatable bonds is 3. The topological polar surface area (TPSA) is 110 Å². The maximum Gasteiger partial charge on any atom is 0.243 e. The lowest BCUT2D eigenvalue weighted by molar-refractivity contribution is -0.127. The van der Waals surface area contributed by atoms with Crippen LogP contribution in [0.4, 0.5) is 11.5 Å². The van der Waals surface area contributed by atoms with E-state index >= 15 is 0 Å². The summed E-state index contributed by atoms with van der Waals surface area (Å²) in [6.07, 6.45) is 1.49. The highest BCUT2D eigenvalue weighted by atomic mass is 35.5. The summed E-state index contributed by atoms with van der Waals surface area (Å²) in [6, 6.07) is 14.2. The molecule has 3 N–H and O–H groups in total. The third-order valence-electron chi connectivity index (χ3n) is 5.54. The highest BCUT2D eigenvalue weighted by molar-refractivity contribution is 6.30. The fraction of sp³-hybridized carbons (Fsp3) is 0.143. The second kappa shape index (κ2) is 6.43. The van der Waals surface area contributed by atoms with Crippen LogP contribution in [0.2, 0.25) is 5.02 Å². The van der Waals surface area contributed by atoms with Crippen molar-refractivity contribution in [2.45, 2.75) is 11.8 Å². The molecule has 8 nitrogen and oxygen atoms in total. The Hall–Kier alpha value is -3.65. The first kappa shape index (κ1) is 18.4. The Bertz CT molecular complexity index is 1240. The standard InChI is InChI=1S/C21H16ClN5O3/c22-12-4-3-5-13(8-12)27-19-15(10-24-27)21(9-18(29)25-19)14-6-1-2-7-16(14)26(20(21)30)11-17(23)28/h1-8,10H,9,11H2,(H2,23,28)(H,25,29)/t21-/m1/s1. The van der Waals surface area contributed by atoms with Crippen LogP contribution < -0.4 is 16.0 Å². The molecule has 150 valence electrons. The van der Waals surface area contributed by atoms with Crippen molar-refractivity contribution in [2.24, 2.45) is 5.73 Å². The number of aromatic nitrogens is 2. The molecule has 5 rings (SSSR count). The van der Waals surface area contributed by atoms with E-state index in [0.29, 0.717) is 33.3 Å². The van der Waals surface area contributed by atoms with Gasteiger partial charge in [-0.05, 0) is 29.8 Å². The lowest BCUT2D eigenvalue weighted by atomic mass is 9.72. The van der Waals surface area contributed by atoms with Crippen molar-refractivity contribution < 1.29 is 14.4 Å². The Labute approximate surface area is 176 Å². The van der Waals surface area contributed by atoms with Crippen LogP contribution in [0.1, 0.15) is 17.5 Å². The molecular formula is C21H16ClN5O3. The summed E-state index contributed by atoms with van der Waals surface area (Å²) in [7, 11) is 0. The van der Waals surface area contributed by atoms with Gasteiger partial charge >= 0.3 is 0 Å². The zero-order chi connectivity index (χ0) is 21.0. The SMILES string of the molecule is NC(=O)CN1C(=O)[C@]2(CC(=O)Nc3c2cnn3-c2cccc(Cl)c2)c2ccccc21. The summed E-state index contributed by atoms with van der Waals surface area (Å²) in [4.78, 5) is 39.4. The van der Waals surface area contributed by atoms with E-state index < -0.39 is 11.3 Å². The highest BCUT2D eigenvalue weighted by Gasteiger charge is 2.57. The van der Waals surface area contributed by atoms with Crippen LogP contribution in [0.5, 0.6) is 0 Å². The second-order valence-electron chi connectivity index (χ2n) is 7.30. The van der Waals surface area contributed by atoms with Gasteiger partial charge in [0.2, 0.25) is 17.7 Å². The summed E-state index contributed by atoms with van der Waals surface area (Å²) in [5.41, 5.74) is 6.53. The zero-order valence-electron chi connectivity index (χ0n) is 15.6. The van der Waals surface area contributed by atoms with E-state index in [4.69, 9.17) is 17.3 Å². The van der Waals surface area contributed by atoms with E-state index in [1.165, 1.54) is 4.90 Å². The highest BCUT2D eigenvalue weighted by Crippen LogP contribution is 2.52. The number of amides is 3.